The van der Waals surface area contributed by atoms with Crippen molar-refractivity contribution in [3.63, 3.8) is 0 Å². The summed E-state index contributed by atoms with van der Waals surface area (Å²) in [6.07, 6.45) is 1.93. The molecule has 15 heavy (non-hydrogen) atoms. The second kappa shape index (κ2) is 4.77. The summed E-state index contributed by atoms with van der Waals surface area (Å²) >= 11 is 0. The van der Waals surface area contributed by atoms with Crippen LogP contribution in [0.5, 0.6) is 0 Å². The second-order valence-corrected chi connectivity index (χ2v) is 4.50. The molecule has 0 bridgehead atoms. The van der Waals surface area contributed by atoms with E-state index in [9.17, 15) is 5.11 Å². The maximum absolute atomic E-state index is 10.2. The number of nitrogens with zero attached hydrogens (tertiary/aromatic N) is 1. The van der Waals surface area contributed by atoms with Crippen molar-refractivity contribution in [2.75, 3.05) is 20.1 Å². The lowest BCUT2D eigenvalue weighted by Crippen LogP contribution is -2.32. The summed E-state index contributed by atoms with van der Waals surface area (Å²) in [7, 11) is 2.14. The Bertz CT molecular complexity index is 291. The Morgan fingerprint density at radius 1 is 1.20 bits per heavy atom. The third-order valence-corrected chi connectivity index (χ3v) is 3.35. The number of aliphatic hydroxyl groups is 1. The molecule has 0 spiro atoms. The van der Waals surface area contributed by atoms with Crippen molar-refractivity contribution in [3.8, 4) is 0 Å². The van der Waals surface area contributed by atoms with Crippen LogP contribution in [0.1, 0.15) is 24.5 Å². The zero-order valence-electron chi connectivity index (χ0n) is 9.26. The van der Waals surface area contributed by atoms with Crippen LogP contribution in [0.4, 0.5) is 0 Å². The SMILES string of the molecule is CN1CCC([C@@H](O)c2ccccc2)CC1. The van der Waals surface area contributed by atoms with Crippen LogP contribution in [0, 0.1) is 5.92 Å². The molecule has 82 valence electrons. The van der Waals surface area contributed by atoms with Gasteiger partial charge in [-0.1, -0.05) is 30.3 Å². The van der Waals surface area contributed by atoms with Crippen LogP contribution < -0.4 is 0 Å². The van der Waals surface area contributed by atoms with Crippen LogP contribution in [0.15, 0.2) is 30.3 Å². The average molecular weight is 205 g/mol. The molecule has 2 nitrogen and oxygen atoms in total. The minimum atomic E-state index is -0.278. The van der Waals surface area contributed by atoms with Gasteiger partial charge in [0.1, 0.15) is 0 Å². The van der Waals surface area contributed by atoms with E-state index in [1.54, 1.807) is 0 Å². The van der Waals surface area contributed by atoms with E-state index in [4.69, 9.17) is 0 Å². The first kappa shape index (κ1) is 10.7. The standard InChI is InChI=1S/C13H19NO/c1-14-9-7-12(8-10-14)13(15)11-5-3-2-4-6-11/h2-6,12-13,15H,7-10H2,1H3/t13-/m0/s1. The molecule has 0 saturated carbocycles. The van der Waals surface area contributed by atoms with Crippen LogP contribution >= 0.6 is 0 Å². The predicted molar refractivity (Wildman–Crippen MR) is 61.6 cm³/mol. The van der Waals surface area contributed by atoms with Gasteiger partial charge in [-0.3, -0.25) is 0 Å². The predicted octanol–water partition coefficient (Wildman–Crippen LogP) is 2.06. The van der Waals surface area contributed by atoms with Gasteiger partial charge >= 0.3 is 0 Å². The zero-order valence-corrected chi connectivity index (χ0v) is 9.26. The van der Waals surface area contributed by atoms with E-state index in [-0.39, 0.29) is 6.10 Å². The monoisotopic (exact) mass is 205 g/mol. The molecule has 0 amide bonds. The van der Waals surface area contributed by atoms with Crippen LogP contribution in [-0.2, 0) is 0 Å². The van der Waals surface area contributed by atoms with Crippen molar-refractivity contribution in [1.82, 2.24) is 4.90 Å². The number of hydrogen-bond acceptors (Lipinski definition) is 2. The highest BCUT2D eigenvalue weighted by molar-refractivity contribution is 5.18. The Morgan fingerprint density at radius 2 is 1.80 bits per heavy atom. The van der Waals surface area contributed by atoms with Crippen molar-refractivity contribution in [2.45, 2.75) is 18.9 Å². The summed E-state index contributed by atoms with van der Waals surface area (Å²) in [5.41, 5.74) is 1.06. The van der Waals surface area contributed by atoms with Crippen LogP contribution in [0.2, 0.25) is 0 Å². The number of rotatable bonds is 2. The first-order valence-corrected chi connectivity index (χ1v) is 5.69. The third-order valence-electron chi connectivity index (χ3n) is 3.35. The fourth-order valence-electron chi connectivity index (χ4n) is 2.27. The Morgan fingerprint density at radius 3 is 2.40 bits per heavy atom. The van der Waals surface area contributed by atoms with Gasteiger partial charge in [-0.05, 0) is 44.5 Å². The molecule has 0 aliphatic carbocycles. The van der Waals surface area contributed by atoms with Gasteiger partial charge in [0.25, 0.3) is 0 Å². The van der Waals surface area contributed by atoms with Gasteiger partial charge in [-0.25, -0.2) is 0 Å². The quantitative estimate of drug-likeness (QED) is 0.799. The van der Waals surface area contributed by atoms with Gasteiger partial charge in [-0.2, -0.15) is 0 Å². The van der Waals surface area contributed by atoms with E-state index >= 15 is 0 Å². The van der Waals surface area contributed by atoms with E-state index < -0.39 is 0 Å². The molecule has 1 aliphatic heterocycles. The van der Waals surface area contributed by atoms with Crippen molar-refractivity contribution in [2.24, 2.45) is 5.92 Å². The largest absolute Gasteiger partial charge is 0.388 e. The highest BCUT2D eigenvalue weighted by Crippen LogP contribution is 2.29. The number of hydrogen-bond donors (Lipinski definition) is 1. The molecule has 0 radical (unpaired) electrons. The molecule has 1 heterocycles. The molecule has 1 saturated heterocycles. The van der Waals surface area contributed by atoms with Crippen LogP contribution in [-0.4, -0.2) is 30.1 Å². The highest BCUT2D eigenvalue weighted by atomic mass is 16.3. The number of likely N-dealkylation sites (tertiary alicyclic amines) is 1. The average Bonchev–Trinajstić information content (AvgIpc) is 2.30. The lowest BCUT2D eigenvalue weighted by Gasteiger charge is -2.32. The molecule has 1 aliphatic rings. The third kappa shape index (κ3) is 2.58. The Labute approximate surface area is 91.5 Å². The molecule has 1 N–H and O–H groups in total. The lowest BCUT2D eigenvalue weighted by atomic mass is 9.88. The van der Waals surface area contributed by atoms with Crippen molar-refractivity contribution in [3.05, 3.63) is 35.9 Å². The van der Waals surface area contributed by atoms with Gasteiger partial charge < -0.3 is 10.0 Å². The van der Waals surface area contributed by atoms with E-state index in [1.807, 2.05) is 30.3 Å². The maximum Gasteiger partial charge on any atom is 0.0819 e. The molecule has 1 aromatic rings. The molecule has 1 fully saturated rings. The lowest BCUT2D eigenvalue weighted by molar-refractivity contribution is 0.0657. The van der Waals surface area contributed by atoms with Crippen LogP contribution in [0.25, 0.3) is 0 Å². The van der Waals surface area contributed by atoms with Gasteiger partial charge in [0, 0.05) is 0 Å². The van der Waals surface area contributed by atoms with E-state index in [2.05, 4.69) is 11.9 Å². The Kier molecular flexibility index (Phi) is 3.39. The highest BCUT2D eigenvalue weighted by Gasteiger charge is 2.24. The molecule has 2 rings (SSSR count). The van der Waals surface area contributed by atoms with Crippen molar-refractivity contribution < 1.29 is 5.11 Å². The summed E-state index contributed by atoms with van der Waals surface area (Å²) in [6.45, 7) is 2.21. The molecule has 2 heteroatoms. The second-order valence-electron chi connectivity index (χ2n) is 4.50. The van der Waals surface area contributed by atoms with Crippen molar-refractivity contribution >= 4 is 0 Å². The summed E-state index contributed by atoms with van der Waals surface area (Å²) in [5.74, 6) is 0.434. The first-order valence-electron chi connectivity index (χ1n) is 5.69. The molecule has 1 atom stereocenters. The van der Waals surface area contributed by atoms with Crippen LogP contribution in [0.3, 0.4) is 0 Å². The van der Waals surface area contributed by atoms with Gasteiger partial charge in [0.2, 0.25) is 0 Å². The molecular weight excluding hydrogens is 186 g/mol. The summed E-state index contributed by atoms with van der Waals surface area (Å²) in [4.78, 5) is 2.33. The minimum Gasteiger partial charge on any atom is -0.388 e. The summed E-state index contributed by atoms with van der Waals surface area (Å²) in [6, 6.07) is 10.0. The topological polar surface area (TPSA) is 23.5 Å². The maximum atomic E-state index is 10.2. The minimum absolute atomic E-state index is 0.278. The molecule has 1 aromatic carbocycles. The molecule has 0 unspecified atom stereocenters. The molecular formula is C13H19NO. The zero-order chi connectivity index (χ0) is 10.7. The Hall–Kier alpha value is -0.860. The van der Waals surface area contributed by atoms with E-state index in [0.29, 0.717) is 5.92 Å². The Balaban J connectivity index is 1.99. The van der Waals surface area contributed by atoms with Gasteiger partial charge in [-0.15, -0.1) is 0 Å². The smallest absolute Gasteiger partial charge is 0.0819 e. The number of aliphatic hydroxyl groups excluding tert-OH is 1. The normalized spacial score (nSPS) is 21.5. The van der Waals surface area contributed by atoms with E-state index in [0.717, 1.165) is 31.5 Å². The fourth-order valence-corrected chi connectivity index (χ4v) is 2.27. The summed E-state index contributed by atoms with van der Waals surface area (Å²) < 4.78 is 0. The van der Waals surface area contributed by atoms with E-state index in [1.165, 1.54) is 0 Å². The van der Waals surface area contributed by atoms with Crippen molar-refractivity contribution in [1.29, 1.82) is 0 Å². The van der Waals surface area contributed by atoms with Gasteiger partial charge in [0.15, 0.2) is 0 Å². The first-order chi connectivity index (χ1) is 7.27. The fraction of sp³-hybridized carbons (Fsp3) is 0.538. The number of piperidine rings is 1. The number of benzene rings is 1. The summed E-state index contributed by atoms with van der Waals surface area (Å²) in [5, 5.41) is 10.2. The van der Waals surface area contributed by atoms with Gasteiger partial charge in [0.05, 0.1) is 6.10 Å². The molecule has 0 aromatic heterocycles.